The molecule has 3 nitrogen and oxygen atoms in total. The van der Waals surface area contributed by atoms with Crippen molar-refractivity contribution in [2.45, 2.75) is 30.7 Å². The second kappa shape index (κ2) is 5.51. The molecule has 0 radical (unpaired) electrons. The lowest BCUT2D eigenvalue weighted by Crippen LogP contribution is -2.27. The van der Waals surface area contributed by atoms with Crippen LogP contribution in [-0.2, 0) is 12.1 Å². The van der Waals surface area contributed by atoms with Crippen molar-refractivity contribution < 1.29 is 23.0 Å². The lowest BCUT2D eigenvalue weighted by molar-refractivity contribution is -0.274. The molecule has 4 rings (SSSR count). The predicted molar refractivity (Wildman–Crippen MR) is 90.6 cm³/mol. The highest BCUT2D eigenvalue weighted by molar-refractivity contribution is 8.14. The molecule has 7 heteroatoms. The minimum atomic E-state index is -4.72. The second-order valence-corrected chi connectivity index (χ2v) is 7.51. The largest absolute Gasteiger partial charge is 0.573 e. The predicted octanol–water partition coefficient (Wildman–Crippen LogP) is 4.49. The van der Waals surface area contributed by atoms with Gasteiger partial charge in [0.15, 0.2) is 5.72 Å². The fourth-order valence-corrected chi connectivity index (χ4v) is 4.63. The Morgan fingerprint density at radius 2 is 1.96 bits per heavy atom. The maximum Gasteiger partial charge on any atom is 0.573 e. The van der Waals surface area contributed by atoms with Gasteiger partial charge in [-0.25, -0.2) is 4.99 Å². The van der Waals surface area contributed by atoms with E-state index in [1.807, 2.05) is 19.1 Å². The lowest BCUT2D eigenvalue weighted by Gasteiger charge is -2.19. The molecule has 2 aliphatic rings. The maximum atomic E-state index is 12.4. The highest BCUT2D eigenvalue weighted by Crippen LogP contribution is 2.49. The summed E-state index contributed by atoms with van der Waals surface area (Å²) in [6.07, 6.45) is -4.05. The second-order valence-electron chi connectivity index (χ2n) is 6.12. The molecule has 0 fully saturated rings. The number of aliphatic hydroxyl groups is 1. The van der Waals surface area contributed by atoms with E-state index in [9.17, 15) is 18.3 Å². The number of hydrogen-bond acceptors (Lipinski definition) is 4. The summed E-state index contributed by atoms with van der Waals surface area (Å²) in [4.78, 5) is 4.37. The molecule has 1 heterocycles. The zero-order valence-electron chi connectivity index (χ0n) is 13.2. The number of hydrogen-bond donors (Lipinski definition) is 1. The Morgan fingerprint density at radius 3 is 2.72 bits per heavy atom. The molecule has 2 unspecified atom stereocenters. The summed E-state index contributed by atoms with van der Waals surface area (Å²) >= 11 is 1.56. The molecule has 0 saturated heterocycles. The average molecular weight is 365 g/mol. The van der Waals surface area contributed by atoms with E-state index in [4.69, 9.17) is 0 Å². The number of ether oxygens (including phenoxy) is 1. The van der Waals surface area contributed by atoms with E-state index in [1.54, 1.807) is 23.9 Å². The highest BCUT2D eigenvalue weighted by atomic mass is 32.2. The van der Waals surface area contributed by atoms with Crippen LogP contribution in [0.4, 0.5) is 13.2 Å². The fourth-order valence-electron chi connectivity index (χ4n) is 3.42. The van der Waals surface area contributed by atoms with Crippen LogP contribution in [0.3, 0.4) is 0 Å². The Bertz CT molecular complexity index is 881. The van der Waals surface area contributed by atoms with Crippen molar-refractivity contribution in [3.05, 3.63) is 53.6 Å². The molecule has 0 bridgehead atoms. The van der Waals surface area contributed by atoms with Gasteiger partial charge in [0, 0.05) is 5.56 Å². The van der Waals surface area contributed by atoms with Gasteiger partial charge in [-0.2, -0.15) is 0 Å². The van der Waals surface area contributed by atoms with Gasteiger partial charge >= 0.3 is 6.36 Å². The van der Waals surface area contributed by atoms with Crippen LogP contribution in [0.15, 0.2) is 47.5 Å². The molecule has 2 aromatic rings. The number of aliphatic imine (C=N–C) groups is 1. The van der Waals surface area contributed by atoms with E-state index in [1.165, 1.54) is 18.2 Å². The minimum Gasteiger partial charge on any atom is -0.406 e. The Morgan fingerprint density at radius 1 is 1.20 bits per heavy atom. The molecule has 2 atom stereocenters. The van der Waals surface area contributed by atoms with Crippen LogP contribution in [0, 0.1) is 0 Å². The van der Waals surface area contributed by atoms with E-state index in [0.29, 0.717) is 12.0 Å². The first-order valence-corrected chi connectivity index (χ1v) is 8.58. The Labute approximate surface area is 146 Å². The molecule has 130 valence electrons. The number of nitrogens with zero attached hydrogens (tertiary/aromatic N) is 1. The van der Waals surface area contributed by atoms with Gasteiger partial charge in [0.2, 0.25) is 0 Å². The maximum absolute atomic E-state index is 12.4. The molecule has 0 aromatic heterocycles. The van der Waals surface area contributed by atoms with E-state index >= 15 is 0 Å². The molecule has 0 amide bonds. The summed E-state index contributed by atoms with van der Waals surface area (Å²) in [5.74, 6) is -0.253. The summed E-state index contributed by atoms with van der Waals surface area (Å²) in [5, 5.41) is 11.6. The quantitative estimate of drug-likeness (QED) is 0.853. The molecular formula is C18H14F3NO2S. The van der Waals surface area contributed by atoms with Gasteiger partial charge in [-0.05, 0) is 42.2 Å². The van der Waals surface area contributed by atoms with Crippen molar-refractivity contribution >= 4 is 16.8 Å². The van der Waals surface area contributed by atoms with Crippen molar-refractivity contribution in [3.63, 3.8) is 0 Å². The summed E-state index contributed by atoms with van der Waals surface area (Å²) in [7, 11) is 0. The van der Waals surface area contributed by atoms with Crippen LogP contribution in [-0.4, -0.2) is 21.8 Å². The Balaban J connectivity index is 1.69. The van der Waals surface area contributed by atoms with Gasteiger partial charge in [-0.1, -0.05) is 30.3 Å². The van der Waals surface area contributed by atoms with Gasteiger partial charge in [0.25, 0.3) is 0 Å². The Hall–Kier alpha value is -1.99. The Kier molecular flexibility index (Phi) is 3.63. The van der Waals surface area contributed by atoms with Crippen LogP contribution in [0.5, 0.6) is 5.75 Å². The summed E-state index contributed by atoms with van der Waals surface area (Å²) < 4.78 is 41.2. The molecule has 1 aliphatic heterocycles. The fraction of sp³-hybridized carbons (Fsp3) is 0.278. The number of fused-ring (bicyclic) bond motifs is 3. The van der Waals surface area contributed by atoms with Crippen LogP contribution in [0.2, 0.25) is 0 Å². The summed E-state index contributed by atoms with van der Waals surface area (Å²) in [6, 6.07) is 11.4. The van der Waals surface area contributed by atoms with Gasteiger partial charge in [0.1, 0.15) is 5.75 Å². The molecular weight excluding hydrogens is 351 g/mol. The standard InChI is InChI=1S/C18H14F3NO2S/c1-10-22-17(23)15-6-5-12(7-13(15)9-16(17)25-10)11-3-2-4-14(8-11)24-18(19,20)21/h2-8,16,23H,9H2,1H3. The SMILES string of the molecule is CC1=NC2(O)c3ccc(-c4cccc(OC(F)(F)F)c4)cc3CC2S1. The summed E-state index contributed by atoms with van der Waals surface area (Å²) in [5.41, 5.74) is 1.95. The number of halogens is 3. The molecule has 1 aliphatic carbocycles. The first-order valence-electron chi connectivity index (χ1n) is 7.70. The van der Waals surface area contributed by atoms with Gasteiger partial charge < -0.3 is 9.84 Å². The molecule has 0 saturated carbocycles. The molecule has 25 heavy (non-hydrogen) atoms. The molecule has 1 N–H and O–H groups in total. The zero-order valence-corrected chi connectivity index (χ0v) is 14.0. The van der Waals surface area contributed by atoms with Crippen LogP contribution in [0.25, 0.3) is 11.1 Å². The van der Waals surface area contributed by atoms with Crippen molar-refractivity contribution in [2.75, 3.05) is 0 Å². The van der Waals surface area contributed by atoms with E-state index in [0.717, 1.165) is 21.7 Å². The smallest absolute Gasteiger partial charge is 0.406 e. The number of thioether (sulfide) groups is 1. The lowest BCUT2D eigenvalue weighted by atomic mass is 9.98. The number of alkyl halides is 3. The van der Waals surface area contributed by atoms with Gasteiger partial charge in [-0.3, -0.25) is 0 Å². The third kappa shape index (κ3) is 2.91. The normalized spacial score (nSPS) is 24.7. The topological polar surface area (TPSA) is 41.8 Å². The number of rotatable bonds is 2. The van der Waals surface area contributed by atoms with E-state index in [-0.39, 0.29) is 11.0 Å². The van der Waals surface area contributed by atoms with Crippen LogP contribution < -0.4 is 4.74 Å². The van der Waals surface area contributed by atoms with E-state index in [2.05, 4.69) is 9.73 Å². The van der Waals surface area contributed by atoms with Crippen molar-refractivity contribution in [3.8, 4) is 16.9 Å². The molecule has 0 spiro atoms. The number of benzene rings is 2. The van der Waals surface area contributed by atoms with Crippen molar-refractivity contribution in [1.29, 1.82) is 0 Å². The average Bonchev–Trinajstić information content (AvgIpc) is 2.93. The summed E-state index contributed by atoms with van der Waals surface area (Å²) in [6.45, 7) is 1.88. The minimum absolute atomic E-state index is 0.0438. The van der Waals surface area contributed by atoms with Gasteiger partial charge in [0.05, 0.1) is 10.3 Å². The monoisotopic (exact) mass is 365 g/mol. The molecule has 2 aromatic carbocycles. The van der Waals surface area contributed by atoms with Crippen molar-refractivity contribution in [2.24, 2.45) is 4.99 Å². The first-order chi connectivity index (χ1) is 11.7. The van der Waals surface area contributed by atoms with Gasteiger partial charge in [-0.15, -0.1) is 24.9 Å². The zero-order chi connectivity index (χ0) is 17.8. The third-order valence-corrected chi connectivity index (χ3v) is 5.61. The first kappa shape index (κ1) is 16.5. The third-order valence-electron chi connectivity index (χ3n) is 4.40. The van der Waals surface area contributed by atoms with E-state index < -0.39 is 12.1 Å². The van der Waals surface area contributed by atoms with Crippen LogP contribution >= 0.6 is 11.8 Å². The van der Waals surface area contributed by atoms with Crippen molar-refractivity contribution in [1.82, 2.24) is 0 Å². The van der Waals surface area contributed by atoms with Crippen LogP contribution in [0.1, 0.15) is 18.1 Å². The highest BCUT2D eigenvalue weighted by Gasteiger charge is 2.49.